The SMILES string of the molecule is CCCCCCCCC/C=C/C(O)C(CO)NC(=O)CCCCCCCCCCCCCCCCCCCCCCCCCCCCCCCCCCCCCCC. The third-order valence-corrected chi connectivity index (χ3v) is 12.8. The Bertz CT molecular complexity index is 799. The van der Waals surface area contributed by atoms with Crippen LogP contribution in [0.15, 0.2) is 12.2 Å². The number of carbonyl (C=O) groups is 1. The summed E-state index contributed by atoms with van der Waals surface area (Å²) < 4.78 is 0. The Labute approximate surface area is 365 Å². The van der Waals surface area contributed by atoms with Crippen molar-refractivity contribution in [3.05, 3.63) is 12.2 Å². The molecule has 0 radical (unpaired) electrons. The predicted octanol–water partition coefficient (Wildman–Crippen LogP) is 17.4. The fraction of sp³-hybridized carbons (Fsp3) is 0.944. The lowest BCUT2D eigenvalue weighted by Crippen LogP contribution is -2.45. The summed E-state index contributed by atoms with van der Waals surface area (Å²) in [6, 6.07) is -0.615. The normalized spacial score (nSPS) is 12.8. The molecule has 0 rings (SSSR count). The van der Waals surface area contributed by atoms with E-state index in [9.17, 15) is 15.0 Å². The molecule has 1 amide bonds. The number of unbranched alkanes of at least 4 members (excludes halogenated alkanes) is 43. The largest absolute Gasteiger partial charge is 0.394 e. The molecule has 0 saturated heterocycles. The second kappa shape index (κ2) is 50.5. The Morgan fingerprint density at radius 1 is 0.397 bits per heavy atom. The minimum atomic E-state index is -0.832. The highest BCUT2D eigenvalue weighted by Gasteiger charge is 2.18. The first-order chi connectivity index (χ1) is 28.7. The van der Waals surface area contributed by atoms with Crippen molar-refractivity contribution in [3.8, 4) is 0 Å². The molecule has 0 aliphatic heterocycles. The molecule has 0 fully saturated rings. The van der Waals surface area contributed by atoms with Crippen LogP contribution < -0.4 is 5.32 Å². The van der Waals surface area contributed by atoms with Crippen molar-refractivity contribution < 1.29 is 15.0 Å². The van der Waals surface area contributed by atoms with Crippen LogP contribution in [0.5, 0.6) is 0 Å². The molecule has 4 nitrogen and oxygen atoms in total. The van der Waals surface area contributed by atoms with Gasteiger partial charge in [-0.3, -0.25) is 4.79 Å². The average molecular weight is 818 g/mol. The van der Waals surface area contributed by atoms with E-state index in [4.69, 9.17) is 0 Å². The fourth-order valence-corrected chi connectivity index (χ4v) is 8.65. The van der Waals surface area contributed by atoms with Crippen LogP contribution in [-0.2, 0) is 4.79 Å². The number of allylic oxidation sites excluding steroid dienone is 1. The Balaban J connectivity index is 3.31. The van der Waals surface area contributed by atoms with Gasteiger partial charge in [0.2, 0.25) is 5.91 Å². The highest BCUT2D eigenvalue weighted by molar-refractivity contribution is 5.76. The molecule has 0 aromatic rings. The highest BCUT2D eigenvalue weighted by Crippen LogP contribution is 2.18. The molecule has 2 atom stereocenters. The van der Waals surface area contributed by atoms with Gasteiger partial charge in [0.15, 0.2) is 0 Å². The summed E-state index contributed by atoms with van der Waals surface area (Å²) in [6.07, 6.45) is 65.4. The van der Waals surface area contributed by atoms with Gasteiger partial charge in [0.1, 0.15) is 0 Å². The number of hydrogen-bond acceptors (Lipinski definition) is 3. The van der Waals surface area contributed by atoms with Gasteiger partial charge in [-0.15, -0.1) is 0 Å². The first-order valence-corrected chi connectivity index (χ1v) is 26.9. The van der Waals surface area contributed by atoms with Gasteiger partial charge in [0.05, 0.1) is 18.8 Å². The number of amides is 1. The van der Waals surface area contributed by atoms with E-state index in [2.05, 4.69) is 19.2 Å². The molecule has 0 aliphatic rings. The quantitative estimate of drug-likeness (QED) is 0.0423. The van der Waals surface area contributed by atoms with Gasteiger partial charge in [-0.25, -0.2) is 0 Å². The second-order valence-electron chi connectivity index (χ2n) is 18.7. The molecule has 3 N–H and O–H groups in total. The molecule has 0 aromatic carbocycles. The van der Waals surface area contributed by atoms with E-state index in [-0.39, 0.29) is 12.5 Å². The number of hydrogen-bond donors (Lipinski definition) is 3. The van der Waals surface area contributed by atoms with Crippen molar-refractivity contribution in [1.82, 2.24) is 5.32 Å². The van der Waals surface area contributed by atoms with Crippen molar-refractivity contribution >= 4 is 5.91 Å². The minimum Gasteiger partial charge on any atom is -0.394 e. The summed E-state index contributed by atoms with van der Waals surface area (Å²) in [5.74, 6) is -0.0603. The summed E-state index contributed by atoms with van der Waals surface area (Å²) in [6.45, 7) is 4.31. The zero-order valence-corrected chi connectivity index (χ0v) is 39.8. The van der Waals surface area contributed by atoms with Crippen LogP contribution in [-0.4, -0.2) is 34.9 Å². The van der Waals surface area contributed by atoms with Crippen LogP contribution in [0.4, 0.5) is 0 Å². The Kier molecular flexibility index (Phi) is 49.7. The van der Waals surface area contributed by atoms with Crippen molar-refractivity contribution in [2.45, 2.75) is 321 Å². The van der Waals surface area contributed by atoms with E-state index in [0.29, 0.717) is 6.42 Å². The minimum absolute atomic E-state index is 0.0603. The number of rotatable bonds is 50. The molecule has 0 heterocycles. The number of nitrogens with one attached hydrogen (secondary N) is 1. The zero-order valence-electron chi connectivity index (χ0n) is 39.8. The number of aliphatic hydroxyl groups is 2. The van der Waals surface area contributed by atoms with Crippen LogP contribution >= 0.6 is 0 Å². The van der Waals surface area contributed by atoms with Crippen molar-refractivity contribution in [1.29, 1.82) is 0 Å². The summed E-state index contributed by atoms with van der Waals surface area (Å²) in [7, 11) is 0. The van der Waals surface area contributed by atoms with Gasteiger partial charge in [-0.2, -0.15) is 0 Å². The Hall–Kier alpha value is -0.870. The molecular weight excluding hydrogens is 711 g/mol. The lowest BCUT2D eigenvalue weighted by molar-refractivity contribution is -0.123. The van der Waals surface area contributed by atoms with Crippen LogP contribution in [0.2, 0.25) is 0 Å². The average Bonchev–Trinajstić information content (AvgIpc) is 3.23. The molecule has 0 spiro atoms. The lowest BCUT2D eigenvalue weighted by Gasteiger charge is -2.20. The number of aliphatic hydroxyl groups excluding tert-OH is 2. The first kappa shape index (κ1) is 57.1. The van der Waals surface area contributed by atoms with Gasteiger partial charge < -0.3 is 15.5 Å². The van der Waals surface area contributed by atoms with Gasteiger partial charge in [0.25, 0.3) is 0 Å². The van der Waals surface area contributed by atoms with E-state index in [1.165, 1.54) is 263 Å². The molecule has 346 valence electrons. The van der Waals surface area contributed by atoms with Crippen LogP contribution in [0.3, 0.4) is 0 Å². The lowest BCUT2D eigenvalue weighted by atomic mass is 10.0. The monoisotopic (exact) mass is 818 g/mol. The van der Waals surface area contributed by atoms with Crippen LogP contribution in [0, 0.1) is 0 Å². The Morgan fingerprint density at radius 2 is 0.638 bits per heavy atom. The standard InChI is InChI=1S/C54H107NO3/c1-3-5-7-9-11-13-14-15-16-17-18-19-20-21-22-23-24-25-26-27-28-29-30-31-32-33-34-35-36-37-38-39-40-42-44-46-48-50-54(58)55-52(51-56)53(57)49-47-45-43-41-12-10-8-6-4-2/h47,49,52-53,56-57H,3-46,48,50-51H2,1-2H3,(H,55,58)/b49-47+. The summed E-state index contributed by atoms with van der Waals surface area (Å²) in [5.41, 5.74) is 0. The maximum absolute atomic E-state index is 12.4. The summed E-state index contributed by atoms with van der Waals surface area (Å²) in [5, 5.41) is 22.9. The fourth-order valence-electron chi connectivity index (χ4n) is 8.65. The number of carbonyl (C=O) groups excluding carboxylic acids is 1. The highest BCUT2D eigenvalue weighted by atomic mass is 16.3. The maximum Gasteiger partial charge on any atom is 0.220 e. The zero-order chi connectivity index (χ0) is 42.1. The molecule has 2 unspecified atom stereocenters. The predicted molar refractivity (Wildman–Crippen MR) is 258 cm³/mol. The molecule has 0 bridgehead atoms. The molecule has 0 saturated carbocycles. The van der Waals surface area contributed by atoms with E-state index < -0.39 is 12.1 Å². The van der Waals surface area contributed by atoms with Crippen molar-refractivity contribution in [2.75, 3.05) is 6.61 Å². The second-order valence-corrected chi connectivity index (χ2v) is 18.7. The smallest absolute Gasteiger partial charge is 0.220 e. The van der Waals surface area contributed by atoms with E-state index in [0.717, 1.165) is 25.7 Å². The topological polar surface area (TPSA) is 69.6 Å². The van der Waals surface area contributed by atoms with Gasteiger partial charge in [-0.05, 0) is 19.3 Å². The van der Waals surface area contributed by atoms with Gasteiger partial charge in [-0.1, -0.05) is 296 Å². The third kappa shape index (κ3) is 46.2. The van der Waals surface area contributed by atoms with Gasteiger partial charge in [0, 0.05) is 6.42 Å². The summed E-state index contributed by atoms with van der Waals surface area (Å²) in [4.78, 5) is 12.4. The van der Waals surface area contributed by atoms with E-state index >= 15 is 0 Å². The summed E-state index contributed by atoms with van der Waals surface area (Å²) >= 11 is 0. The molecule has 0 aliphatic carbocycles. The van der Waals surface area contributed by atoms with Crippen LogP contribution in [0.1, 0.15) is 309 Å². The van der Waals surface area contributed by atoms with Crippen molar-refractivity contribution in [3.63, 3.8) is 0 Å². The third-order valence-electron chi connectivity index (χ3n) is 12.8. The Morgan fingerprint density at radius 3 is 0.897 bits per heavy atom. The van der Waals surface area contributed by atoms with Crippen molar-refractivity contribution in [2.24, 2.45) is 0 Å². The van der Waals surface area contributed by atoms with Gasteiger partial charge >= 0.3 is 0 Å². The van der Waals surface area contributed by atoms with E-state index in [1.54, 1.807) is 6.08 Å². The molecule has 4 heteroatoms. The molecular formula is C54H107NO3. The van der Waals surface area contributed by atoms with E-state index in [1.807, 2.05) is 6.08 Å². The van der Waals surface area contributed by atoms with Crippen LogP contribution in [0.25, 0.3) is 0 Å². The first-order valence-electron chi connectivity index (χ1n) is 26.9. The molecule has 0 aromatic heterocycles. The maximum atomic E-state index is 12.4. The molecule has 58 heavy (non-hydrogen) atoms.